The monoisotopic (exact) mass is 348 g/mol. The number of fused-ring (bicyclic) bond motifs is 1. The average molecular weight is 349 g/mol. The molecule has 134 valence electrons. The maximum atomic E-state index is 12.4. The minimum Gasteiger partial charge on any atom is -0.849 e. The molecular formula is C20H30NO2S-. The molecule has 1 saturated heterocycles. The minimum absolute atomic E-state index is 0.430. The molecular weight excluding hydrogens is 318 g/mol. The predicted octanol–water partition coefficient (Wildman–Crippen LogP) is 2.77. The number of rotatable bonds is 6. The Morgan fingerprint density at radius 3 is 2.67 bits per heavy atom. The van der Waals surface area contributed by atoms with Gasteiger partial charge in [0, 0.05) is 24.0 Å². The Bertz CT molecular complexity index is 498. The first kappa shape index (κ1) is 18.2. The molecule has 5 atom stereocenters. The van der Waals surface area contributed by atoms with Gasteiger partial charge >= 0.3 is 0 Å². The van der Waals surface area contributed by atoms with Crippen LogP contribution in [0.25, 0.3) is 0 Å². The fourth-order valence-corrected chi connectivity index (χ4v) is 5.25. The number of thioether (sulfide) groups is 1. The summed E-state index contributed by atoms with van der Waals surface area (Å²) in [6.45, 7) is 3.87. The van der Waals surface area contributed by atoms with Crippen LogP contribution in [0.4, 0.5) is 0 Å². The quantitative estimate of drug-likeness (QED) is 0.803. The van der Waals surface area contributed by atoms with E-state index in [1.165, 1.54) is 32.1 Å². The zero-order valence-electron chi connectivity index (χ0n) is 14.6. The van der Waals surface area contributed by atoms with E-state index in [-0.39, 0.29) is 0 Å². The molecule has 1 saturated carbocycles. The summed E-state index contributed by atoms with van der Waals surface area (Å²) in [4.78, 5) is 3.47. The van der Waals surface area contributed by atoms with Gasteiger partial charge in [-0.05, 0) is 49.5 Å². The van der Waals surface area contributed by atoms with Gasteiger partial charge in [-0.25, -0.2) is 0 Å². The van der Waals surface area contributed by atoms with Crippen molar-refractivity contribution in [1.82, 2.24) is 4.90 Å². The number of aliphatic hydroxyl groups excluding tert-OH is 1. The van der Waals surface area contributed by atoms with Crippen LogP contribution >= 0.6 is 11.8 Å². The number of hydrogen-bond acceptors (Lipinski definition) is 4. The molecule has 0 radical (unpaired) electrons. The molecule has 5 unspecified atom stereocenters. The molecule has 24 heavy (non-hydrogen) atoms. The van der Waals surface area contributed by atoms with Gasteiger partial charge in [-0.3, -0.25) is 4.90 Å². The Morgan fingerprint density at radius 2 is 1.92 bits per heavy atom. The van der Waals surface area contributed by atoms with Crippen LogP contribution < -0.4 is 5.11 Å². The molecule has 1 aliphatic heterocycles. The maximum absolute atomic E-state index is 12.4. The number of β-amino-alcohol motifs (C(OH)–C–C–N with tert-alkyl or cyclic N) is 1. The number of likely N-dealkylation sites (tertiary alicyclic amines) is 1. The normalized spacial score (nSPS) is 30.5. The first-order valence-corrected chi connectivity index (χ1v) is 10.4. The fourth-order valence-electron chi connectivity index (χ4n) is 4.32. The van der Waals surface area contributed by atoms with Gasteiger partial charge in [0.05, 0.1) is 6.10 Å². The van der Waals surface area contributed by atoms with Crippen molar-refractivity contribution in [1.29, 1.82) is 0 Å². The SMILES string of the molecule is CC1CC2CCCCC2CN1CC(O)C([O-])CSc1ccccc1. The minimum atomic E-state index is -0.925. The van der Waals surface area contributed by atoms with Gasteiger partial charge in [-0.2, -0.15) is 0 Å². The smallest absolute Gasteiger partial charge is 0.0551 e. The lowest BCUT2D eigenvalue weighted by molar-refractivity contribution is -0.430. The van der Waals surface area contributed by atoms with Gasteiger partial charge in [0.25, 0.3) is 0 Å². The van der Waals surface area contributed by atoms with Crippen LogP contribution in [-0.4, -0.2) is 47.1 Å². The zero-order chi connectivity index (χ0) is 16.9. The molecule has 3 rings (SSSR count). The van der Waals surface area contributed by atoms with Crippen LogP contribution in [0.1, 0.15) is 39.0 Å². The molecule has 1 heterocycles. The van der Waals surface area contributed by atoms with Crippen molar-refractivity contribution in [2.24, 2.45) is 11.8 Å². The summed E-state index contributed by atoms with van der Waals surface area (Å²) in [5.74, 6) is 2.09. The first-order valence-electron chi connectivity index (χ1n) is 9.39. The van der Waals surface area contributed by atoms with E-state index in [2.05, 4.69) is 11.8 Å². The van der Waals surface area contributed by atoms with E-state index >= 15 is 0 Å². The molecule has 4 heteroatoms. The Hall–Kier alpha value is -0.550. The summed E-state index contributed by atoms with van der Waals surface area (Å²) < 4.78 is 0. The number of hydrogen-bond donors (Lipinski definition) is 1. The van der Waals surface area contributed by atoms with E-state index in [0.717, 1.165) is 23.3 Å². The van der Waals surface area contributed by atoms with Crippen molar-refractivity contribution >= 4 is 11.8 Å². The van der Waals surface area contributed by atoms with E-state index in [4.69, 9.17) is 0 Å². The second kappa shape index (κ2) is 8.70. The number of benzene rings is 1. The molecule has 0 bridgehead atoms. The van der Waals surface area contributed by atoms with Gasteiger partial charge in [0.1, 0.15) is 0 Å². The first-order chi connectivity index (χ1) is 11.6. The Kier molecular flexibility index (Phi) is 6.62. The molecule has 1 aromatic rings. The van der Waals surface area contributed by atoms with E-state index in [9.17, 15) is 10.2 Å². The topological polar surface area (TPSA) is 46.5 Å². The van der Waals surface area contributed by atoms with Crippen LogP contribution in [-0.2, 0) is 0 Å². The second-order valence-corrected chi connectivity index (χ2v) is 8.67. The Balaban J connectivity index is 1.47. The van der Waals surface area contributed by atoms with Gasteiger partial charge < -0.3 is 10.2 Å². The van der Waals surface area contributed by atoms with Crippen LogP contribution in [0.15, 0.2) is 35.2 Å². The molecule has 1 aromatic carbocycles. The molecule has 1 aliphatic carbocycles. The van der Waals surface area contributed by atoms with Crippen LogP contribution in [0.3, 0.4) is 0 Å². The van der Waals surface area contributed by atoms with Crippen molar-refractivity contribution in [2.75, 3.05) is 18.8 Å². The highest BCUT2D eigenvalue weighted by Crippen LogP contribution is 2.38. The van der Waals surface area contributed by atoms with Gasteiger partial charge in [-0.1, -0.05) is 43.6 Å². The highest BCUT2D eigenvalue weighted by atomic mass is 32.2. The number of aliphatic hydroxyl groups is 1. The number of nitrogens with zero attached hydrogens (tertiary/aromatic N) is 1. The highest BCUT2D eigenvalue weighted by Gasteiger charge is 2.35. The lowest BCUT2D eigenvalue weighted by Crippen LogP contribution is -2.53. The summed E-state index contributed by atoms with van der Waals surface area (Å²) in [6, 6.07) is 10.5. The zero-order valence-corrected chi connectivity index (χ0v) is 15.5. The molecule has 0 aromatic heterocycles. The molecule has 2 fully saturated rings. The second-order valence-electron chi connectivity index (χ2n) is 7.57. The third-order valence-corrected chi connectivity index (χ3v) is 6.91. The summed E-state index contributed by atoms with van der Waals surface area (Å²) in [5.41, 5.74) is 0. The van der Waals surface area contributed by atoms with Gasteiger partial charge in [0.2, 0.25) is 0 Å². The van der Waals surface area contributed by atoms with Crippen LogP contribution in [0.2, 0.25) is 0 Å². The average Bonchev–Trinajstić information content (AvgIpc) is 2.61. The van der Waals surface area contributed by atoms with Crippen LogP contribution in [0, 0.1) is 11.8 Å². The third-order valence-electron chi connectivity index (χ3n) is 5.81. The Morgan fingerprint density at radius 1 is 1.21 bits per heavy atom. The van der Waals surface area contributed by atoms with E-state index in [1.807, 2.05) is 30.3 Å². The standard InChI is InChI=1S/C20H30NO2S/c1-15-11-16-7-5-6-8-17(16)12-21(15)13-19(22)20(23)14-24-18-9-3-2-4-10-18/h2-4,9-10,15-17,19-20,22H,5-8,11-14H2,1H3/q-1. The van der Waals surface area contributed by atoms with E-state index in [0.29, 0.717) is 18.3 Å². The molecule has 0 amide bonds. The molecule has 1 N–H and O–H groups in total. The lowest BCUT2D eigenvalue weighted by Gasteiger charge is -2.46. The molecule has 3 nitrogen and oxygen atoms in total. The fraction of sp³-hybridized carbons (Fsp3) is 0.700. The van der Waals surface area contributed by atoms with E-state index < -0.39 is 12.2 Å². The van der Waals surface area contributed by atoms with Crippen molar-refractivity contribution in [3.8, 4) is 0 Å². The summed E-state index contributed by atoms with van der Waals surface area (Å²) in [6.07, 6.45) is 4.98. The van der Waals surface area contributed by atoms with Crippen molar-refractivity contribution in [2.45, 2.75) is 62.2 Å². The third kappa shape index (κ3) is 4.75. The maximum Gasteiger partial charge on any atom is 0.0551 e. The largest absolute Gasteiger partial charge is 0.849 e. The predicted molar refractivity (Wildman–Crippen MR) is 98.1 cm³/mol. The number of piperidine rings is 1. The highest BCUT2D eigenvalue weighted by molar-refractivity contribution is 7.99. The van der Waals surface area contributed by atoms with Crippen LogP contribution in [0.5, 0.6) is 0 Å². The Labute approximate surface area is 150 Å². The lowest BCUT2D eigenvalue weighted by atomic mass is 9.73. The van der Waals surface area contributed by atoms with Gasteiger partial charge in [0.15, 0.2) is 0 Å². The summed E-state index contributed by atoms with van der Waals surface area (Å²) >= 11 is 1.55. The summed E-state index contributed by atoms with van der Waals surface area (Å²) in [5, 5.41) is 22.8. The van der Waals surface area contributed by atoms with Crippen molar-refractivity contribution in [3.63, 3.8) is 0 Å². The molecule has 2 aliphatic rings. The van der Waals surface area contributed by atoms with Gasteiger partial charge in [-0.15, -0.1) is 11.8 Å². The molecule has 0 spiro atoms. The van der Waals surface area contributed by atoms with Crippen molar-refractivity contribution < 1.29 is 10.2 Å². The summed E-state index contributed by atoms with van der Waals surface area (Å²) in [7, 11) is 0. The van der Waals surface area contributed by atoms with E-state index in [1.54, 1.807) is 11.8 Å². The van der Waals surface area contributed by atoms with Crippen molar-refractivity contribution in [3.05, 3.63) is 30.3 Å².